The fourth-order valence-corrected chi connectivity index (χ4v) is 8.63. The summed E-state index contributed by atoms with van der Waals surface area (Å²) in [6.07, 6.45) is 5.96. The molecule has 3 aliphatic carbocycles. The van der Waals surface area contributed by atoms with Crippen LogP contribution in [0.4, 0.5) is 0 Å². The quantitative estimate of drug-likeness (QED) is 0.368. The molecule has 0 N–H and O–H groups in total. The molecule has 31 heavy (non-hydrogen) atoms. The molecule has 0 bridgehead atoms. The van der Waals surface area contributed by atoms with Crippen molar-refractivity contribution in [2.24, 2.45) is 22.4 Å². The van der Waals surface area contributed by atoms with E-state index in [0.29, 0.717) is 17.8 Å². The summed E-state index contributed by atoms with van der Waals surface area (Å²) in [6.45, 7) is 16.1. The summed E-state index contributed by atoms with van der Waals surface area (Å²) >= 11 is 0. The second kappa shape index (κ2) is 8.03. The molecule has 1 aromatic carbocycles. The van der Waals surface area contributed by atoms with Crippen LogP contribution in [-0.2, 0) is 15.7 Å². The molecule has 0 spiro atoms. The molecular weight excluding hydrogens is 418 g/mol. The summed E-state index contributed by atoms with van der Waals surface area (Å²) in [6, 6.07) is 6.92. The van der Waals surface area contributed by atoms with Crippen LogP contribution in [0.3, 0.4) is 0 Å². The van der Waals surface area contributed by atoms with Crippen LogP contribution < -0.4 is 4.43 Å². The molecule has 0 heterocycles. The molecule has 1 aromatic rings. The lowest BCUT2D eigenvalue weighted by atomic mass is 9.54. The number of nitrogens with zero attached hydrogens (tertiary/aromatic N) is 1. The Labute approximate surface area is 191 Å². The maximum Gasteiger partial charge on any atom is 0.242 e. The van der Waals surface area contributed by atoms with Gasteiger partial charge in [-0.1, -0.05) is 18.1 Å². The van der Waals surface area contributed by atoms with Crippen LogP contribution in [0.2, 0.25) is 39.3 Å². The average molecular weight is 460 g/mol. The van der Waals surface area contributed by atoms with Crippen LogP contribution in [0.5, 0.6) is 5.75 Å². The Bertz CT molecular complexity index is 857. The smallest absolute Gasteiger partial charge is 0.242 e. The van der Waals surface area contributed by atoms with Crippen molar-refractivity contribution in [3.63, 3.8) is 0 Å². The van der Waals surface area contributed by atoms with Crippen LogP contribution in [0.1, 0.15) is 49.7 Å². The molecule has 0 amide bonds. The van der Waals surface area contributed by atoms with Gasteiger partial charge in [-0.2, -0.15) is 0 Å². The fourth-order valence-electron chi connectivity index (χ4n) is 6.60. The SMILES string of the molecule is CO/N=C1\CC[C@H]2[C@@H]3CCc4cc(O[Si](C)(C)C)ccc4[C@H]3CC(O[Si](C)(C)C)[C@]12C. The molecule has 0 saturated heterocycles. The molecule has 0 aromatic heterocycles. The van der Waals surface area contributed by atoms with Gasteiger partial charge in [-0.3, -0.25) is 0 Å². The molecule has 0 aliphatic heterocycles. The summed E-state index contributed by atoms with van der Waals surface area (Å²) in [7, 11) is -1.62. The number of benzene rings is 1. The maximum atomic E-state index is 6.91. The Morgan fingerprint density at radius 1 is 1.00 bits per heavy atom. The Morgan fingerprint density at radius 3 is 2.39 bits per heavy atom. The minimum absolute atomic E-state index is 0.00412. The van der Waals surface area contributed by atoms with E-state index in [0.717, 1.165) is 25.0 Å². The number of rotatable bonds is 5. The van der Waals surface area contributed by atoms with Gasteiger partial charge in [0.15, 0.2) is 8.32 Å². The third-order valence-corrected chi connectivity index (χ3v) is 9.48. The molecule has 172 valence electrons. The van der Waals surface area contributed by atoms with Gasteiger partial charge < -0.3 is 13.7 Å². The zero-order chi connectivity index (χ0) is 22.6. The minimum atomic E-state index is -1.70. The molecule has 5 atom stereocenters. The van der Waals surface area contributed by atoms with Gasteiger partial charge in [-0.05, 0) is 112 Å². The van der Waals surface area contributed by atoms with E-state index in [-0.39, 0.29) is 11.5 Å². The van der Waals surface area contributed by atoms with Crippen molar-refractivity contribution in [3.05, 3.63) is 29.3 Å². The van der Waals surface area contributed by atoms with Crippen LogP contribution in [0.15, 0.2) is 23.4 Å². The van der Waals surface area contributed by atoms with E-state index in [4.69, 9.17) is 13.7 Å². The molecule has 0 radical (unpaired) electrons. The number of oxime groups is 1. The Balaban J connectivity index is 1.70. The minimum Gasteiger partial charge on any atom is -0.544 e. The number of hydrogen-bond acceptors (Lipinski definition) is 4. The van der Waals surface area contributed by atoms with Crippen LogP contribution in [-0.4, -0.2) is 35.6 Å². The molecule has 4 rings (SSSR count). The van der Waals surface area contributed by atoms with Crippen molar-refractivity contribution in [2.75, 3.05) is 7.11 Å². The summed E-state index contributed by atoms with van der Waals surface area (Å²) in [4.78, 5) is 5.30. The van der Waals surface area contributed by atoms with Gasteiger partial charge in [-0.25, -0.2) is 0 Å². The van der Waals surface area contributed by atoms with Crippen molar-refractivity contribution < 1.29 is 13.7 Å². The Kier molecular flexibility index (Phi) is 5.97. The second-order valence-electron chi connectivity index (χ2n) is 12.0. The molecular formula is C25H41NO3Si2. The van der Waals surface area contributed by atoms with Gasteiger partial charge in [0, 0.05) is 5.41 Å². The topological polar surface area (TPSA) is 40.0 Å². The lowest BCUT2D eigenvalue weighted by Gasteiger charge is -2.54. The first-order chi connectivity index (χ1) is 14.4. The monoisotopic (exact) mass is 459 g/mol. The summed E-state index contributed by atoms with van der Waals surface area (Å²) < 4.78 is 13.2. The molecule has 6 heteroatoms. The van der Waals surface area contributed by atoms with Crippen molar-refractivity contribution in [1.29, 1.82) is 0 Å². The fraction of sp³-hybridized carbons (Fsp3) is 0.720. The average Bonchev–Trinajstić information content (AvgIpc) is 2.97. The largest absolute Gasteiger partial charge is 0.544 e. The lowest BCUT2D eigenvalue weighted by Crippen LogP contribution is -2.54. The first-order valence-corrected chi connectivity index (χ1v) is 18.8. The normalized spacial score (nSPS) is 34.1. The van der Waals surface area contributed by atoms with Crippen LogP contribution in [0, 0.1) is 17.3 Å². The second-order valence-corrected chi connectivity index (χ2v) is 20.9. The van der Waals surface area contributed by atoms with Crippen LogP contribution >= 0.6 is 0 Å². The molecule has 4 nitrogen and oxygen atoms in total. The Morgan fingerprint density at radius 2 is 1.74 bits per heavy atom. The summed E-state index contributed by atoms with van der Waals surface area (Å²) in [5, 5.41) is 4.53. The van der Waals surface area contributed by atoms with E-state index >= 15 is 0 Å². The predicted octanol–water partition coefficient (Wildman–Crippen LogP) is 6.59. The highest BCUT2D eigenvalue weighted by atomic mass is 28.4. The zero-order valence-electron chi connectivity index (χ0n) is 20.7. The molecule has 3 aliphatic rings. The van der Waals surface area contributed by atoms with E-state index in [1.165, 1.54) is 24.1 Å². The number of aryl methyl sites for hydroxylation is 1. The Hall–Kier alpha value is -1.12. The predicted molar refractivity (Wildman–Crippen MR) is 133 cm³/mol. The first kappa shape index (κ1) is 23.1. The third kappa shape index (κ3) is 4.40. The zero-order valence-corrected chi connectivity index (χ0v) is 22.7. The van der Waals surface area contributed by atoms with Gasteiger partial charge >= 0.3 is 0 Å². The van der Waals surface area contributed by atoms with Crippen molar-refractivity contribution in [1.82, 2.24) is 0 Å². The van der Waals surface area contributed by atoms with E-state index in [1.54, 1.807) is 12.7 Å². The maximum absolute atomic E-state index is 6.91. The lowest BCUT2D eigenvalue weighted by molar-refractivity contribution is -0.0242. The van der Waals surface area contributed by atoms with E-state index in [1.807, 2.05) is 0 Å². The van der Waals surface area contributed by atoms with Crippen molar-refractivity contribution >= 4 is 22.3 Å². The van der Waals surface area contributed by atoms with E-state index < -0.39 is 16.6 Å². The molecule has 2 fully saturated rings. The van der Waals surface area contributed by atoms with E-state index in [2.05, 4.69) is 69.6 Å². The number of hydrogen-bond donors (Lipinski definition) is 0. The van der Waals surface area contributed by atoms with Gasteiger partial charge in [0.1, 0.15) is 12.9 Å². The third-order valence-electron chi connectivity index (χ3n) is 7.64. The van der Waals surface area contributed by atoms with Gasteiger partial charge in [0.05, 0.1) is 11.8 Å². The van der Waals surface area contributed by atoms with Crippen LogP contribution in [0.25, 0.3) is 0 Å². The van der Waals surface area contributed by atoms with E-state index in [9.17, 15) is 0 Å². The highest BCUT2D eigenvalue weighted by Crippen LogP contribution is 2.61. The van der Waals surface area contributed by atoms with Gasteiger partial charge in [0.25, 0.3) is 0 Å². The summed E-state index contributed by atoms with van der Waals surface area (Å²) in [5.74, 6) is 2.95. The van der Waals surface area contributed by atoms with Gasteiger partial charge in [-0.15, -0.1) is 0 Å². The molecule has 2 saturated carbocycles. The highest BCUT2D eigenvalue weighted by Gasteiger charge is 2.59. The van der Waals surface area contributed by atoms with Gasteiger partial charge in [0.2, 0.25) is 8.32 Å². The standard InChI is InChI=1S/C25H41NO3Si2/c1-25-22(13-14-23(25)26-27-2)20-11-9-17-15-18(28-30(3,4)5)10-12-19(17)21(20)16-24(25)29-31(6,7)8/h10,12,15,20-22,24H,9,11,13-14,16H2,1-8H3/b26-23+/t20-,21-,22+,24?,25+/m1/s1. The van der Waals surface area contributed by atoms with Crippen molar-refractivity contribution in [3.8, 4) is 5.75 Å². The van der Waals surface area contributed by atoms with Crippen molar-refractivity contribution in [2.45, 2.75) is 90.3 Å². The number of fused-ring (bicyclic) bond motifs is 5. The summed E-state index contributed by atoms with van der Waals surface area (Å²) in [5.41, 5.74) is 4.26. The highest BCUT2D eigenvalue weighted by molar-refractivity contribution is 6.70. The first-order valence-electron chi connectivity index (χ1n) is 12.0. The molecule has 1 unspecified atom stereocenters.